The highest BCUT2D eigenvalue weighted by Crippen LogP contribution is 2.22. The van der Waals surface area contributed by atoms with E-state index in [1.807, 2.05) is 6.20 Å². The van der Waals surface area contributed by atoms with Crippen molar-refractivity contribution in [1.29, 1.82) is 0 Å². The highest BCUT2D eigenvalue weighted by Gasteiger charge is 2.08. The molecule has 0 aliphatic rings. The van der Waals surface area contributed by atoms with Gasteiger partial charge in [0, 0.05) is 12.1 Å². The van der Waals surface area contributed by atoms with Crippen LogP contribution in [0, 0.1) is 5.82 Å². The lowest BCUT2D eigenvalue weighted by Crippen LogP contribution is -1.95. The standard InChI is InChI=1S/C11H9FN4S.ClH/c12-8-3-1-7(2-4-8)9-6-16-11(14-9)17-10(5-13)15-16;/h1-4,6H,5,13H2;1H. The molecule has 2 heterocycles. The molecule has 0 saturated heterocycles. The van der Waals surface area contributed by atoms with Crippen molar-refractivity contribution < 1.29 is 4.39 Å². The first-order valence-corrected chi connectivity index (χ1v) is 5.89. The minimum absolute atomic E-state index is 0. The van der Waals surface area contributed by atoms with Gasteiger partial charge in [0.05, 0.1) is 11.9 Å². The molecule has 0 bridgehead atoms. The molecule has 0 aliphatic heterocycles. The van der Waals surface area contributed by atoms with Gasteiger partial charge in [0.25, 0.3) is 0 Å². The van der Waals surface area contributed by atoms with Gasteiger partial charge in [-0.3, -0.25) is 0 Å². The molecule has 0 atom stereocenters. The molecule has 0 amide bonds. The number of nitrogens with zero attached hydrogens (tertiary/aromatic N) is 3. The van der Waals surface area contributed by atoms with Crippen LogP contribution in [0.3, 0.4) is 0 Å². The van der Waals surface area contributed by atoms with Crippen LogP contribution in [0.4, 0.5) is 4.39 Å². The van der Waals surface area contributed by atoms with Crippen molar-refractivity contribution in [1.82, 2.24) is 14.6 Å². The fraction of sp³-hybridized carbons (Fsp3) is 0.0909. The fourth-order valence-electron chi connectivity index (χ4n) is 1.58. The minimum atomic E-state index is -0.252. The third-order valence-corrected chi connectivity index (χ3v) is 3.34. The molecule has 0 fully saturated rings. The van der Waals surface area contributed by atoms with Gasteiger partial charge in [-0.2, -0.15) is 5.10 Å². The van der Waals surface area contributed by atoms with E-state index in [0.717, 1.165) is 21.2 Å². The van der Waals surface area contributed by atoms with Crippen molar-refractivity contribution in [2.24, 2.45) is 5.73 Å². The largest absolute Gasteiger partial charge is 0.324 e. The van der Waals surface area contributed by atoms with Crippen LogP contribution in [-0.4, -0.2) is 14.6 Å². The zero-order valence-corrected chi connectivity index (χ0v) is 10.8. The number of fused-ring (bicyclic) bond motifs is 1. The smallest absolute Gasteiger partial charge is 0.212 e. The second-order valence-corrected chi connectivity index (χ2v) is 4.60. The van der Waals surface area contributed by atoms with E-state index < -0.39 is 0 Å². The van der Waals surface area contributed by atoms with Crippen molar-refractivity contribution in [3.63, 3.8) is 0 Å². The quantitative estimate of drug-likeness (QED) is 0.786. The Morgan fingerprint density at radius 3 is 2.61 bits per heavy atom. The number of nitrogens with two attached hydrogens (primary N) is 1. The van der Waals surface area contributed by atoms with Gasteiger partial charge >= 0.3 is 0 Å². The van der Waals surface area contributed by atoms with Crippen LogP contribution in [-0.2, 0) is 6.54 Å². The second kappa shape index (κ2) is 5.01. The number of imidazole rings is 1. The lowest BCUT2D eigenvalue weighted by atomic mass is 10.2. The molecular formula is C11H10ClFN4S. The number of rotatable bonds is 2. The van der Waals surface area contributed by atoms with Crippen molar-refractivity contribution in [3.05, 3.63) is 41.3 Å². The zero-order chi connectivity index (χ0) is 11.8. The van der Waals surface area contributed by atoms with Crippen molar-refractivity contribution in [2.45, 2.75) is 6.54 Å². The maximum absolute atomic E-state index is 12.8. The number of halogens is 2. The second-order valence-electron chi connectivity index (χ2n) is 3.56. The monoisotopic (exact) mass is 284 g/mol. The molecule has 2 N–H and O–H groups in total. The summed E-state index contributed by atoms with van der Waals surface area (Å²) in [5, 5.41) is 5.11. The van der Waals surface area contributed by atoms with E-state index in [-0.39, 0.29) is 18.2 Å². The molecule has 3 aromatic rings. The number of hydrogen-bond donors (Lipinski definition) is 1. The molecule has 3 rings (SSSR count). The van der Waals surface area contributed by atoms with Crippen LogP contribution in [0.1, 0.15) is 5.01 Å². The Kier molecular flexibility index (Phi) is 3.60. The van der Waals surface area contributed by atoms with Gasteiger partial charge in [-0.25, -0.2) is 13.9 Å². The predicted octanol–water partition coefficient (Wildman–Crippen LogP) is 2.48. The van der Waals surface area contributed by atoms with E-state index in [4.69, 9.17) is 5.73 Å². The summed E-state index contributed by atoms with van der Waals surface area (Å²) in [6.45, 7) is 0.417. The number of aromatic nitrogens is 3. The molecule has 0 radical (unpaired) electrons. The van der Waals surface area contributed by atoms with Crippen LogP contribution in [0.15, 0.2) is 30.5 Å². The summed E-state index contributed by atoms with van der Waals surface area (Å²) in [6, 6.07) is 6.24. The average molecular weight is 285 g/mol. The van der Waals surface area contributed by atoms with E-state index in [0.29, 0.717) is 6.54 Å². The number of benzene rings is 1. The van der Waals surface area contributed by atoms with E-state index in [1.165, 1.54) is 23.5 Å². The molecule has 18 heavy (non-hydrogen) atoms. The van der Waals surface area contributed by atoms with E-state index in [1.54, 1.807) is 16.6 Å². The summed E-state index contributed by atoms with van der Waals surface area (Å²) in [5.41, 5.74) is 7.16. The van der Waals surface area contributed by atoms with Gasteiger partial charge in [0.1, 0.15) is 10.8 Å². The van der Waals surface area contributed by atoms with Gasteiger partial charge in [0.15, 0.2) is 0 Å². The van der Waals surface area contributed by atoms with E-state index >= 15 is 0 Å². The van der Waals surface area contributed by atoms with Gasteiger partial charge in [0.2, 0.25) is 4.96 Å². The predicted molar refractivity (Wildman–Crippen MR) is 71.4 cm³/mol. The molecule has 94 valence electrons. The van der Waals surface area contributed by atoms with Gasteiger partial charge < -0.3 is 5.73 Å². The Labute approximate surface area is 113 Å². The highest BCUT2D eigenvalue weighted by atomic mass is 35.5. The maximum atomic E-state index is 12.8. The SMILES string of the molecule is Cl.NCc1nn2cc(-c3ccc(F)cc3)nc2s1. The van der Waals surface area contributed by atoms with Gasteiger partial charge in [-0.15, -0.1) is 12.4 Å². The highest BCUT2D eigenvalue weighted by molar-refractivity contribution is 7.16. The summed E-state index contributed by atoms with van der Waals surface area (Å²) >= 11 is 1.46. The van der Waals surface area contributed by atoms with E-state index in [9.17, 15) is 4.39 Å². The van der Waals surface area contributed by atoms with Crippen molar-refractivity contribution >= 4 is 28.7 Å². The molecule has 7 heteroatoms. The van der Waals surface area contributed by atoms with Crippen LogP contribution < -0.4 is 5.73 Å². The van der Waals surface area contributed by atoms with Crippen molar-refractivity contribution in [2.75, 3.05) is 0 Å². The molecule has 0 spiro atoms. The third-order valence-electron chi connectivity index (χ3n) is 2.40. The van der Waals surface area contributed by atoms with Crippen LogP contribution >= 0.6 is 23.7 Å². The normalized spacial score (nSPS) is 10.6. The van der Waals surface area contributed by atoms with Crippen LogP contribution in [0.5, 0.6) is 0 Å². The molecule has 0 aliphatic carbocycles. The summed E-state index contributed by atoms with van der Waals surface area (Å²) < 4.78 is 14.5. The summed E-state index contributed by atoms with van der Waals surface area (Å²) in [6.07, 6.45) is 1.82. The third kappa shape index (κ3) is 2.22. The summed E-state index contributed by atoms with van der Waals surface area (Å²) in [5.74, 6) is -0.252. The minimum Gasteiger partial charge on any atom is -0.324 e. The lowest BCUT2D eigenvalue weighted by Gasteiger charge is -1.94. The Hall–Kier alpha value is -1.50. The Balaban J connectivity index is 0.00000120. The molecule has 1 aromatic carbocycles. The summed E-state index contributed by atoms with van der Waals surface area (Å²) in [7, 11) is 0. The van der Waals surface area contributed by atoms with Gasteiger partial charge in [-0.1, -0.05) is 11.3 Å². The molecular weight excluding hydrogens is 275 g/mol. The Morgan fingerprint density at radius 2 is 2.00 bits per heavy atom. The topological polar surface area (TPSA) is 56.2 Å². The van der Waals surface area contributed by atoms with E-state index in [2.05, 4.69) is 10.1 Å². The first kappa shape index (κ1) is 12.9. The molecule has 0 unspecified atom stereocenters. The first-order chi connectivity index (χ1) is 8.26. The van der Waals surface area contributed by atoms with Gasteiger partial charge in [-0.05, 0) is 24.3 Å². The number of hydrogen-bond acceptors (Lipinski definition) is 4. The molecule has 0 saturated carbocycles. The zero-order valence-electron chi connectivity index (χ0n) is 9.21. The van der Waals surface area contributed by atoms with Crippen LogP contribution in [0.2, 0.25) is 0 Å². The van der Waals surface area contributed by atoms with Crippen molar-refractivity contribution in [3.8, 4) is 11.3 Å². The Morgan fingerprint density at radius 1 is 1.28 bits per heavy atom. The summed E-state index contributed by atoms with van der Waals surface area (Å²) in [4.78, 5) is 5.22. The molecule has 2 aromatic heterocycles. The average Bonchev–Trinajstić information content (AvgIpc) is 2.87. The first-order valence-electron chi connectivity index (χ1n) is 5.07. The lowest BCUT2D eigenvalue weighted by molar-refractivity contribution is 0.628. The van der Waals surface area contributed by atoms with Crippen LogP contribution in [0.25, 0.3) is 16.2 Å². The molecule has 4 nitrogen and oxygen atoms in total. The fourth-order valence-corrected chi connectivity index (χ4v) is 2.34. The Bertz CT molecular complexity index is 630. The maximum Gasteiger partial charge on any atom is 0.212 e.